The summed E-state index contributed by atoms with van der Waals surface area (Å²) in [6.45, 7) is 2.06. The molecule has 1 amide bonds. The van der Waals surface area contributed by atoms with E-state index >= 15 is 0 Å². The number of amides is 1. The second-order valence-corrected chi connectivity index (χ2v) is 4.42. The summed E-state index contributed by atoms with van der Waals surface area (Å²) in [7, 11) is 0. The van der Waals surface area contributed by atoms with Gasteiger partial charge < -0.3 is 15.1 Å². The van der Waals surface area contributed by atoms with Gasteiger partial charge in [0.2, 0.25) is 0 Å². The van der Waals surface area contributed by atoms with Gasteiger partial charge in [0.1, 0.15) is 6.04 Å². The Morgan fingerprint density at radius 3 is 2.80 bits per heavy atom. The summed E-state index contributed by atoms with van der Waals surface area (Å²) in [5.41, 5.74) is 0.230. The van der Waals surface area contributed by atoms with Crippen LogP contribution >= 0.6 is 0 Å². The fraction of sp³-hybridized carbons (Fsp3) is 0.214. The Kier molecular flexibility index (Phi) is 4.47. The minimum absolute atomic E-state index is 0.000652. The summed E-state index contributed by atoms with van der Waals surface area (Å²) in [6.07, 6.45) is 1.57. The fourth-order valence-electron chi connectivity index (χ4n) is 1.74. The number of carbonyl (C=O) groups is 1. The second-order valence-electron chi connectivity index (χ2n) is 4.42. The third kappa shape index (κ3) is 3.64. The highest BCUT2D eigenvalue weighted by atomic mass is 19.2. The largest absolute Gasteiger partial charge is 0.463 e. The molecule has 4 nitrogen and oxygen atoms in total. The molecule has 0 radical (unpaired) electrons. The topological polar surface area (TPSA) is 58.9 Å². The van der Waals surface area contributed by atoms with Crippen LogP contribution in [0.15, 0.2) is 41.0 Å². The maximum absolute atomic E-state index is 13.0. The molecule has 0 unspecified atom stereocenters. The van der Waals surface area contributed by atoms with Crippen LogP contribution in [0.25, 0.3) is 0 Å². The highest BCUT2D eigenvalue weighted by Crippen LogP contribution is 2.12. The van der Waals surface area contributed by atoms with Crippen molar-refractivity contribution in [1.82, 2.24) is 0 Å². The first-order valence-electron chi connectivity index (χ1n) is 6.18. The Hall–Kier alpha value is -2.21. The summed E-state index contributed by atoms with van der Waals surface area (Å²) < 4.78 is 30.9. The van der Waals surface area contributed by atoms with E-state index in [1.165, 1.54) is 6.07 Å². The van der Waals surface area contributed by atoms with Crippen LogP contribution in [-0.2, 0) is 4.79 Å². The molecule has 0 bridgehead atoms. The fourth-order valence-corrected chi connectivity index (χ4v) is 1.74. The Bertz CT molecular complexity index is 585. The number of carbonyl (C=O) groups excluding carboxylic acids is 1. The predicted molar refractivity (Wildman–Crippen MR) is 68.9 cm³/mol. The molecule has 0 aliphatic heterocycles. The van der Waals surface area contributed by atoms with Gasteiger partial charge in [0.05, 0.1) is 6.26 Å². The molecule has 20 heavy (non-hydrogen) atoms. The van der Waals surface area contributed by atoms with Gasteiger partial charge in [-0.05, 0) is 31.2 Å². The van der Waals surface area contributed by atoms with E-state index < -0.39 is 11.6 Å². The minimum atomic E-state index is -0.990. The second kappa shape index (κ2) is 6.29. The van der Waals surface area contributed by atoms with Crippen LogP contribution in [-0.4, -0.2) is 12.5 Å². The number of benzene rings is 1. The smallest absolute Gasteiger partial charge is 0.279 e. The monoisotopic (exact) mass is 281 g/mol. The molecule has 0 aliphatic rings. The summed E-state index contributed by atoms with van der Waals surface area (Å²) in [5, 5.41) is 4.29. The van der Waals surface area contributed by atoms with Crippen molar-refractivity contribution >= 4 is 11.6 Å². The predicted octanol–water partition coefficient (Wildman–Crippen LogP) is 1.82. The number of hydrogen-bond donors (Lipinski definition) is 2. The van der Waals surface area contributed by atoms with Gasteiger partial charge in [-0.1, -0.05) is 0 Å². The van der Waals surface area contributed by atoms with E-state index in [1.807, 2.05) is 13.0 Å². The molecule has 2 aromatic rings. The Morgan fingerprint density at radius 1 is 1.35 bits per heavy atom. The van der Waals surface area contributed by atoms with E-state index in [0.717, 1.165) is 17.9 Å². The van der Waals surface area contributed by atoms with E-state index in [0.29, 0.717) is 0 Å². The number of quaternary nitrogens is 1. The number of halogens is 2. The zero-order valence-corrected chi connectivity index (χ0v) is 10.9. The average Bonchev–Trinajstić information content (AvgIpc) is 2.94. The van der Waals surface area contributed by atoms with Crippen molar-refractivity contribution in [3.8, 4) is 0 Å². The average molecular weight is 281 g/mol. The van der Waals surface area contributed by atoms with Crippen molar-refractivity contribution in [3.05, 3.63) is 54.0 Å². The molecule has 0 spiro atoms. The van der Waals surface area contributed by atoms with Crippen molar-refractivity contribution in [1.29, 1.82) is 0 Å². The van der Waals surface area contributed by atoms with Gasteiger partial charge in [-0.3, -0.25) is 4.79 Å². The van der Waals surface area contributed by atoms with Crippen molar-refractivity contribution < 1.29 is 23.3 Å². The van der Waals surface area contributed by atoms with Crippen molar-refractivity contribution in [2.24, 2.45) is 0 Å². The number of rotatable bonds is 5. The molecule has 0 saturated heterocycles. The van der Waals surface area contributed by atoms with E-state index in [-0.39, 0.29) is 24.2 Å². The van der Waals surface area contributed by atoms with E-state index in [1.54, 1.807) is 17.6 Å². The van der Waals surface area contributed by atoms with Crippen molar-refractivity contribution in [2.45, 2.75) is 13.0 Å². The summed E-state index contributed by atoms with van der Waals surface area (Å²) in [4.78, 5) is 11.7. The van der Waals surface area contributed by atoms with Gasteiger partial charge >= 0.3 is 0 Å². The number of nitrogens with one attached hydrogen (secondary N) is 1. The van der Waals surface area contributed by atoms with Crippen LogP contribution in [0.1, 0.15) is 18.7 Å². The molecular weight excluding hydrogens is 266 g/mol. The van der Waals surface area contributed by atoms with Crippen LogP contribution in [0.2, 0.25) is 0 Å². The molecule has 6 heteroatoms. The zero-order valence-electron chi connectivity index (χ0n) is 10.9. The van der Waals surface area contributed by atoms with Gasteiger partial charge in [-0.15, -0.1) is 0 Å². The Morgan fingerprint density at radius 2 is 2.15 bits per heavy atom. The van der Waals surface area contributed by atoms with E-state index in [4.69, 9.17) is 4.42 Å². The van der Waals surface area contributed by atoms with E-state index in [9.17, 15) is 13.6 Å². The highest BCUT2D eigenvalue weighted by Gasteiger charge is 2.14. The van der Waals surface area contributed by atoms with Gasteiger partial charge in [-0.2, -0.15) is 0 Å². The highest BCUT2D eigenvalue weighted by molar-refractivity contribution is 5.91. The molecule has 3 N–H and O–H groups in total. The first-order valence-corrected chi connectivity index (χ1v) is 6.18. The lowest BCUT2D eigenvalue weighted by Gasteiger charge is -2.08. The number of anilines is 1. The number of hydrogen-bond acceptors (Lipinski definition) is 2. The normalized spacial score (nSPS) is 12.2. The maximum Gasteiger partial charge on any atom is 0.279 e. The van der Waals surface area contributed by atoms with Gasteiger partial charge in [0, 0.05) is 11.8 Å². The lowest BCUT2D eigenvalue weighted by Crippen LogP contribution is -2.86. The van der Waals surface area contributed by atoms with Crippen LogP contribution < -0.4 is 10.6 Å². The van der Waals surface area contributed by atoms with E-state index in [2.05, 4.69) is 5.32 Å². The van der Waals surface area contributed by atoms with Crippen LogP contribution in [0.5, 0.6) is 0 Å². The Balaban J connectivity index is 1.85. The third-order valence-corrected chi connectivity index (χ3v) is 2.85. The molecule has 1 atom stereocenters. The molecule has 1 aromatic heterocycles. The van der Waals surface area contributed by atoms with Gasteiger partial charge in [0.15, 0.2) is 23.9 Å². The van der Waals surface area contributed by atoms with Gasteiger partial charge in [0.25, 0.3) is 5.91 Å². The quantitative estimate of drug-likeness (QED) is 0.878. The summed E-state index contributed by atoms with van der Waals surface area (Å²) >= 11 is 0. The third-order valence-electron chi connectivity index (χ3n) is 2.85. The standard InChI is InChI=1S/C14H14F2N2O2/c1-9(13-3-2-6-20-13)17-8-14(19)18-10-4-5-11(15)12(16)7-10/h2-7,9,17H,8H2,1H3,(H,18,19)/p+1/t9-/m0/s1. The van der Waals surface area contributed by atoms with Crippen molar-refractivity contribution in [3.63, 3.8) is 0 Å². The molecule has 0 aliphatic carbocycles. The SMILES string of the molecule is C[C@H]([NH2+]CC(=O)Nc1ccc(F)c(F)c1)c1ccco1. The molecule has 106 valence electrons. The van der Waals surface area contributed by atoms with Crippen LogP contribution in [0, 0.1) is 11.6 Å². The summed E-state index contributed by atoms with van der Waals surface area (Å²) in [6, 6.07) is 6.84. The molecule has 1 aromatic carbocycles. The molecular formula is C14H15F2N2O2+. The number of nitrogens with two attached hydrogens (primary N) is 1. The maximum atomic E-state index is 13.0. The molecule has 0 saturated carbocycles. The zero-order chi connectivity index (χ0) is 14.5. The molecule has 1 heterocycles. The van der Waals surface area contributed by atoms with Gasteiger partial charge in [-0.25, -0.2) is 8.78 Å². The lowest BCUT2D eigenvalue weighted by atomic mass is 10.2. The molecule has 0 fully saturated rings. The minimum Gasteiger partial charge on any atom is -0.463 e. The van der Waals surface area contributed by atoms with Crippen LogP contribution in [0.4, 0.5) is 14.5 Å². The summed E-state index contributed by atoms with van der Waals surface area (Å²) in [5.74, 6) is -1.46. The Labute approximate surface area is 114 Å². The lowest BCUT2D eigenvalue weighted by molar-refractivity contribution is -0.684. The number of furan rings is 1. The van der Waals surface area contributed by atoms with Crippen LogP contribution in [0.3, 0.4) is 0 Å². The molecule has 2 rings (SSSR count). The first-order chi connectivity index (χ1) is 9.56. The first kappa shape index (κ1) is 14.2. The van der Waals surface area contributed by atoms with Crippen molar-refractivity contribution in [2.75, 3.05) is 11.9 Å².